The van der Waals surface area contributed by atoms with Gasteiger partial charge in [0.2, 0.25) is 6.61 Å². The number of hydrogen-bond donors (Lipinski definition) is 1. The van der Waals surface area contributed by atoms with Crippen molar-refractivity contribution >= 4 is 11.7 Å². The van der Waals surface area contributed by atoms with E-state index in [4.69, 9.17) is 5.11 Å². The van der Waals surface area contributed by atoms with Crippen molar-refractivity contribution in [3.8, 4) is 0 Å². The number of hydrogen-bond acceptors (Lipinski definition) is 4. The van der Waals surface area contributed by atoms with Gasteiger partial charge in [0.15, 0.2) is 5.82 Å². The maximum atomic E-state index is 10.2. The zero-order chi connectivity index (χ0) is 9.97. The number of carboxylic acids is 1. The summed E-state index contributed by atoms with van der Waals surface area (Å²) in [6.45, 7) is 0.412. The fourth-order valence-corrected chi connectivity index (χ4v) is 1.34. The van der Waals surface area contributed by atoms with E-state index in [9.17, 15) is 4.79 Å². The van der Waals surface area contributed by atoms with Gasteiger partial charge in [0.05, 0.1) is 0 Å². The highest BCUT2D eigenvalue weighted by Crippen LogP contribution is 2.12. The third-order valence-corrected chi connectivity index (χ3v) is 1.93. The van der Waals surface area contributed by atoms with Crippen LogP contribution in [-0.4, -0.2) is 32.9 Å². The summed E-state index contributed by atoms with van der Waals surface area (Å²) in [7, 11) is 0. The smallest absolute Gasteiger partial charge is 0.344 e. The van der Waals surface area contributed by atoms with E-state index in [0.717, 1.165) is 18.8 Å². The second-order valence-electron chi connectivity index (χ2n) is 2.90. The lowest BCUT2D eigenvalue weighted by Crippen LogP contribution is -2.06. The predicted octanol–water partition coefficient (Wildman–Crippen LogP) is 0.0921. The van der Waals surface area contributed by atoms with E-state index in [-0.39, 0.29) is 0 Å². The largest absolute Gasteiger partial charge is 0.479 e. The van der Waals surface area contributed by atoms with Crippen LogP contribution >= 0.6 is 0 Å². The first kappa shape index (κ1) is 8.74. The second kappa shape index (κ2) is 3.49. The Kier molecular flexibility index (Phi) is 2.18. The highest BCUT2D eigenvalue weighted by molar-refractivity contribution is 5.98. The number of nitrogens with zero attached hydrogens (tertiary/aromatic N) is 3. The molecule has 0 bridgehead atoms. The number of carboxylic acid groups (broad SMARTS) is 1. The lowest BCUT2D eigenvalue weighted by molar-refractivity contribution is -0.142. The summed E-state index contributed by atoms with van der Waals surface area (Å²) in [5, 5.41) is 12.1. The van der Waals surface area contributed by atoms with Gasteiger partial charge < -0.3 is 14.5 Å². The van der Waals surface area contributed by atoms with Gasteiger partial charge in [0.25, 0.3) is 0 Å². The SMILES string of the molecule is O=C(O)CO/N=C1/CCn2ccnc21. The number of carbonyl (C=O) groups is 1. The van der Waals surface area contributed by atoms with Gasteiger partial charge in [-0.05, 0) is 0 Å². The molecule has 1 aromatic rings. The fourth-order valence-electron chi connectivity index (χ4n) is 1.34. The van der Waals surface area contributed by atoms with Crippen LogP contribution in [0.5, 0.6) is 0 Å². The maximum absolute atomic E-state index is 10.2. The van der Waals surface area contributed by atoms with Crippen molar-refractivity contribution in [3.63, 3.8) is 0 Å². The molecule has 6 heteroatoms. The van der Waals surface area contributed by atoms with E-state index < -0.39 is 12.6 Å². The Morgan fingerprint density at radius 2 is 2.64 bits per heavy atom. The van der Waals surface area contributed by atoms with E-state index in [1.807, 2.05) is 10.8 Å². The van der Waals surface area contributed by atoms with Crippen LogP contribution in [-0.2, 0) is 16.2 Å². The molecular weight excluding hydrogens is 186 g/mol. The molecule has 0 saturated carbocycles. The lowest BCUT2D eigenvalue weighted by Gasteiger charge is -1.95. The number of rotatable bonds is 3. The van der Waals surface area contributed by atoms with Gasteiger partial charge >= 0.3 is 5.97 Å². The van der Waals surface area contributed by atoms with Crippen LogP contribution in [0.2, 0.25) is 0 Å². The lowest BCUT2D eigenvalue weighted by atomic mass is 10.3. The Hall–Kier alpha value is -1.85. The molecule has 1 aliphatic rings. The molecule has 0 unspecified atom stereocenters. The Morgan fingerprint density at radius 1 is 1.79 bits per heavy atom. The first-order chi connectivity index (χ1) is 6.77. The van der Waals surface area contributed by atoms with Crippen LogP contribution < -0.4 is 0 Å². The summed E-state index contributed by atoms with van der Waals surface area (Å²) in [5.74, 6) is -0.272. The minimum absolute atomic E-state index is 0.412. The molecule has 6 nitrogen and oxygen atoms in total. The molecule has 0 saturated heterocycles. The molecule has 0 fully saturated rings. The van der Waals surface area contributed by atoms with Gasteiger partial charge in [-0.2, -0.15) is 0 Å². The maximum Gasteiger partial charge on any atom is 0.344 e. The molecule has 0 radical (unpaired) electrons. The van der Waals surface area contributed by atoms with Crippen LogP contribution in [0.1, 0.15) is 12.2 Å². The minimum atomic E-state index is -1.03. The number of fused-ring (bicyclic) bond motifs is 1. The Balaban J connectivity index is 2.04. The van der Waals surface area contributed by atoms with Crippen molar-refractivity contribution < 1.29 is 14.7 Å². The molecule has 14 heavy (non-hydrogen) atoms. The average Bonchev–Trinajstić information content (AvgIpc) is 2.67. The van der Waals surface area contributed by atoms with Crippen LogP contribution in [0, 0.1) is 0 Å². The molecule has 0 aliphatic carbocycles. The number of aryl methyl sites for hydroxylation is 1. The molecule has 1 aromatic heterocycles. The molecule has 1 aliphatic heterocycles. The van der Waals surface area contributed by atoms with E-state index >= 15 is 0 Å². The molecule has 1 N–H and O–H groups in total. The van der Waals surface area contributed by atoms with Gasteiger partial charge in [-0.3, -0.25) is 0 Å². The van der Waals surface area contributed by atoms with Gasteiger partial charge in [-0.25, -0.2) is 9.78 Å². The van der Waals surface area contributed by atoms with Crippen LogP contribution in [0.25, 0.3) is 0 Å². The predicted molar refractivity (Wildman–Crippen MR) is 47.0 cm³/mol. The summed E-state index contributed by atoms with van der Waals surface area (Å²) in [4.78, 5) is 18.9. The fraction of sp³-hybridized carbons (Fsp3) is 0.375. The summed E-state index contributed by atoms with van der Waals surface area (Å²) in [6, 6.07) is 0. The molecule has 0 atom stereocenters. The van der Waals surface area contributed by atoms with Crippen LogP contribution in [0.4, 0.5) is 0 Å². The third-order valence-electron chi connectivity index (χ3n) is 1.93. The summed E-state index contributed by atoms with van der Waals surface area (Å²) < 4.78 is 1.95. The number of aliphatic carboxylic acids is 1. The molecule has 0 spiro atoms. The van der Waals surface area contributed by atoms with E-state index in [2.05, 4.69) is 15.0 Å². The normalized spacial score (nSPS) is 17.0. The van der Waals surface area contributed by atoms with Gasteiger partial charge in [-0.1, -0.05) is 5.16 Å². The highest BCUT2D eigenvalue weighted by atomic mass is 16.6. The molecule has 2 heterocycles. The van der Waals surface area contributed by atoms with E-state index in [0.29, 0.717) is 5.71 Å². The zero-order valence-electron chi connectivity index (χ0n) is 7.38. The zero-order valence-corrected chi connectivity index (χ0v) is 7.38. The molecular formula is C8H9N3O3. The standard InChI is InChI=1S/C8H9N3O3/c12-7(13)5-14-10-6-1-3-11-4-2-9-8(6)11/h2,4H,1,3,5H2,(H,12,13)/b10-6-. The number of aromatic nitrogens is 2. The Bertz CT molecular complexity index is 383. The number of imidazole rings is 1. The van der Waals surface area contributed by atoms with E-state index in [1.165, 1.54) is 0 Å². The first-order valence-electron chi connectivity index (χ1n) is 4.19. The van der Waals surface area contributed by atoms with Crippen molar-refractivity contribution in [2.45, 2.75) is 13.0 Å². The molecule has 0 aromatic carbocycles. The van der Waals surface area contributed by atoms with Gasteiger partial charge in [-0.15, -0.1) is 0 Å². The second-order valence-corrected chi connectivity index (χ2v) is 2.90. The van der Waals surface area contributed by atoms with Gasteiger partial charge in [0.1, 0.15) is 5.71 Å². The summed E-state index contributed by atoms with van der Waals surface area (Å²) in [5.41, 5.74) is 0.705. The minimum Gasteiger partial charge on any atom is -0.479 e. The van der Waals surface area contributed by atoms with Crippen LogP contribution in [0.15, 0.2) is 17.5 Å². The molecule has 0 amide bonds. The Morgan fingerprint density at radius 3 is 3.43 bits per heavy atom. The monoisotopic (exact) mass is 195 g/mol. The van der Waals surface area contributed by atoms with Crippen molar-refractivity contribution in [2.75, 3.05) is 6.61 Å². The van der Waals surface area contributed by atoms with Crippen molar-refractivity contribution in [3.05, 3.63) is 18.2 Å². The quantitative estimate of drug-likeness (QED) is 0.693. The van der Waals surface area contributed by atoms with Gasteiger partial charge in [0, 0.05) is 25.4 Å². The summed E-state index contributed by atoms with van der Waals surface area (Å²) in [6.07, 6.45) is 4.28. The van der Waals surface area contributed by atoms with Crippen molar-refractivity contribution in [1.82, 2.24) is 9.55 Å². The van der Waals surface area contributed by atoms with Crippen molar-refractivity contribution in [1.29, 1.82) is 0 Å². The highest BCUT2D eigenvalue weighted by Gasteiger charge is 2.18. The van der Waals surface area contributed by atoms with E-state index in [1.54, 1.807) is 6.20 Å². The van der Waals surface area contributed by atoms with Crippen LogP contribution in [0.3, 0.4) is 0 Å². The molecule has 2 rings (SSSR count). The Labute approximate surface area is 79.8 Å². The molecule has 74 valence electrons. The topological polar surface area (TPSA) is 76.7 Å². The van der Waals surface area contributed by atoms with Crippen molar-refractivity contribution in [2.24, 2.45) is 5.16 Å². The first-order valence-corrected chi connectivity index (χ1v) is 4.19. The third kappa shape index (κ3) is 1.59. The summed E-state index contributed by atoms with van der Waals surface area (Å²) >= 11 is 0. The average molecular weight is 195 g/mol. The number of oxime groups is 1.